The van der Waals surface area contributed by atoms with Gasteiger partial charge in [-0.3, -0.25) is 4.79 Å². The number of hydrogen-bond acceptors (Lipinski definition) is 3. The Balaban J connectivity index is 2.27. The van der Waals surface area contributed by atoms with Gasteiger partial charge in [0.15, 0.2) is 5.76 Å². The van der Waals surface area contributed by atoms with Crippen molar-refractivity contribution in [1.82, 2.24) is 5.32 Å². The molecule has 0 aliphatic rings. The summed E-state index contributed by atoms with van der Waals surface area (Å²) in [4.78, 5) is 23.8. The van der Waals surface area contributed by atoms with Gasteiger partial charge in [-0.1, -0.05) is 19.1 Å². The summed E-state index contributed by atoms with van der Waals surface area (Å²) < 4.78 is 18.3. The molecule has 1 aromatic carbocycles. The molecular formula is C16H16FNO4. The first kappa shape index (κ1) is 15.8. The molecule has 1 heterocycles. The second kappa shape index (κ2) is 6.43. The number of carboxylic acids is 1. The van der Waals surface area contributed by atoms with Gasteiger partial charge in [0.2, 0.25) is 0 Å². The van der Waals surface area contributed by atoms with E-state index in [1.54, 1.807) is 13.0 Å². The van der Waals surface area contributed by atoms with Gasteiger partial charge in [-0.2, -0.15) is 0 Å². The van der Waals surface area contributed by atoms with Crippen LogP contribution in [-0.2, 0) is 11.2 Å². The number of halogens is 1. The number of aliphatic carboxylic acids is 1. The van der Waals surface area contributed by atoms with Crippen LogP contribution < -0.4 is 5.32 Å². The predicted octanol–water partition coefficient (Wildman–Crippen LogP) is 2.62. The first-order valence-corrected chi connectivity index (χ1v) is 6.81. The number of hydrogen-bond donors (Lipinski definition) is 2. The Hall–Kier alpha value is -2.63. The molecule has 2 N–H and O–H groups in total. The lowest BCUT2D eigenvalue weighted by atomic mass is 9.88. The lowest BCUT2D eigenvalue weighted by Gasteiger charge is -2.29. The highest BCUT2D eigenvalue weighted by Gasteiger charge is 2.39. The Labute approximate surface area is 126 Å². The van der Waals surface area contributed by atoms with Crippen molar-refractivity contribution in [3.05, 3.63) is 59.8 Å². The van der Waals surface area contributed by atoms with E-state index in [4.69, 9.17) is 4.42 Å². The van der Waals surface area contributed by atoms with Gasteiger partial charge >= 0.3 is 5.97 Å². The molecule has 0 fully saturated rings. The SMILES string of the molecule is CC[C@](Cc1cccc(F)c1)(NC(=O)c1ccco1)C(=O)O. The molecule has 0 unspecified atom stereocenters. The third-order valence-corrected chi connectivity index (χ3v) is 3.51. The summed E-state index contributed by atoms with van der Waals surface area (Å²) >= 11 is 0. The minimum atomic E-state index is -1.53. The van der Waals surface area contributed by atoms with E-state index in [0.29, 0.717) is 5.56 Å². The smallest absolute Gasteiger partial charge is 0.329 e. The average molecular weight is 305 g/mol. The Morgan fingerprint density at radius 3 is 2.64 bits per heavy atom. The standard InChI is InChI=1S/C16H16FNO4/c1-2-16(15(20)21,10-11-5-3-6-12(17)9-11)18-14(19)13-7-4-8-22-13/h3-9H,2,10H2,1H3,(H,18,19)(H,20,21)/t16-/m1/s1. The fourth-order valence-corrected chi connectivity index (χ4v) is 2.22. The number of carboxylic acid groups (broad SMARTS) is 1. The van der Waals surface area contributed by atoms with Crippen LogP contribution in [0.2, 0.25) is 0 Å². The molecule has 1 aromatic heterocycles. The van der Waals surface area contributed by atoms with Crippen LogP contribution in [0.1, 0.15) is 29.5 Å². The zero-order valence-corrected chi connectivity index (χ0v) is 12.0. The maximum atomic E-state index is 13.3. The number of rotatable bonds is 6. The third-order valence-electron chi connectivity index (χ3n) is 3.51. The van der Waals surface area contributed by atoms with Crippen LogP contribution in [0.3, 0.4) is 0 Å². The number of carbonyl (C=O) groups is 2. The Morgan fingerprint density at radius 1 is 1.32 bits per heavy atom. The molecule has 2 rings (SSSR count). The van der Waals surface area contributed by atoms with Gasteiger partial charge in [0.25, 0.3) is 5.91 Å². The van der Waals surface area contributed by atoms with E-state index in [1.807, 2.05) is 0 Å². The molecule has 5 nitrogen and oxygen atoms in total. The molecule has 2 aromatic rings. The second-order valence-corrected chi connectivity index (χ2v) is 4.98. The Morgan fingerprint density at radius 2 is 2.09 bits per heavy atom. The van der Waals surface area contributed by atoms with Crippen LogP contribution in [0.15, 0.2) is 47.1 Å². The van der Waals surface area contributed by atoms with Crippen molar-refractivity contribution >= 4 is 11.9 Å². The summed E-state index contributed by atoms with van der Waals surface area (Å²) in [5.74, 6) is -2.23. The lowest BCUT2D eigenvalue weighted by Crippen LogP contribution is -2.55. The molecule has 1 amide bonds. The van der Waals surface area contributed by atoms with Crippen molar-refractivity contribution in [3.63, 3.8) is 0 Å². The van der Waals surface area contributed by atoms with Crippen molar-refractivity contribution < 1.29 is 23.5 Å². The molecule has 22 heavy (non-hydrogen) atoms. The summed E-state index contributed by atoms with van der Waals surface area (Å²) in [5, 5.41) is 12.1. The fourth-order valence-electron chi connectivity index (χ4n) is 2.22. The zero-order chi connectivity index (χ0) is 16.2. The highest BCUT2D eigenvalue weighted by molar-refractivity contribution is 5.95. The van der Waals surface area contributed by atoms with Crippen LogP contribution in [0.4, 0.5) is 4.39 Å². The highest BCUT2D eigenvalue weighted by atomic mass is 19.1. The monoisotopic (exact) mass is 305 g/mol. The van der Waals surface area contributed by atoms with E-state index in [-0.39, 0.29) is 18.6 Å². The maximum absolute atomic E-state index is 13.3. The van der Waals surface area contributed by atoms with E-state index in [9.17, 15) is 19.1 Å². The number of furan rings is 1. The van der Waals surface area contributed by atoms with Crippen LogP contribution >= 0.6 is 0 Å². The number of amides is 1. The van der Waals surface area contributed by atoms with Crippen LogP contribution in [0.25, 0.3) is 0 Å². The molecule has 0 aliphatic heterocycles. The predicted molar refractivity (Wildman–Crippen MR) is 76.9 cm³/mol. The van der Waals surface area contributed by atoms with Crippen molar-refractivity contribution in [2.75, 3.05) is 0 Å². The van der Waals surface area contributed by atoms with E-state index >= 15 is 0 Å². The second-order valence-electron chi connectivity index (χ2n) is 4.98. The van der Waals surface area contributed by atoms with E-state index < -0.39 is 23.2 Å². The van der Waals surface area contributed by atoms with E-state index in [0.717, 1.165) is 0 Å². The quantitative estimate of drug-likeness (QED) is 0.860. The van der Waals surface area contributed by atoms with Gasteiger partial charge in [-0.25, -0.2) is 9.18 Å². The molecule has 0 radical (unpaired) electrons. The maximum Gasteiger partial charge on any atom is 0.329 e. The molecule has 0 saturated carbocycles. The number of benzene rings is 1. The van der Waals surface area contributed by atoms with Crippen molar-refractivity contribution in [2.45, 2.75) is 25.3 Å². The van der Waals surface area contributed by atoms with Gasteiger partial charge in [-0.05, 0) is 36.2 Å². The fraction of sp³-hybridized carbons (Fsp3) is 0.250. The summed E-state index contributed by atoms with van der Waals surface area (Å²) in [6, 6.07) is 8.64. The highest BCUT2D eigenvalue weighted by Crippen LogP contribution is 2.20. The molecular weight excluding hydrogens is 289 g/mol. The first-order chi connectivity index (χ1) is 10.5. The summed E-state index contributed by atoms with van der Waals surface area (Å²) in [7, 11) is 0. The summed E-state index contributed by atoms with van der Waals surface area (Å²) in [6.07, 6.45) is 1.45. The van der Waals surface area contributed by atoms with Crippen molar-refractivity contribution in [1.29, 1.82) is 0 Å². The normalized spacial score (nSPS) is 13.4. The van der Waals surface area contributed by atoms with Crippen LogP contribution in [-0.4, -0.2) is 22.5 Å². The van der Waals surface area contributed by atoms with Crippen molar-refractivity contribution in [3.8, 4) is 0 Å². The number of carbonyl (C=O) groups excluding carboxylic acids is 1. The van der Waals surface area contributed by atoms with E-state index in [1.165, 1.54) is 36.6 Å². The van der Waals surface area contributed by atoms with Gasteiger partial charge in [0.1, 0.15) is 11.4 Å². The van der Waals surface area contributed by atoms with Crippen molar-refractivity contribution in [2.24, 2.45) is 0 Å². The van der Waals surface area contributed by atoms with Crippen LogP contribution in [0.5, 0.6) is 0 Å². The topological polar surface area (TPSA) is 79.5 Å². The molecule has 1 atom stereocenters. The van der Waals surface area contributed by atoms with Gasteiger partial charge < -0.3 is 14.8 Å². The molecule has 6 heteroatoms. The first-order valence-electron chi connectivity index (χ1n) is 6.81. The molecule has 0 spiro atoms. The molecule has 0 aliphatic carbocycles. The van der Waals surface area contributed by atoms with Gasteiger partial charge in [0.05, 0.1) is 6.26 Å². The third kappa shape index (κ3) is 3.33. The molecule has 116 valence electrons. The largest absolute Gasteiger partial charge is 0.479 e. The minimum absolute atomic E-state index is 0.0248. The van der Waals surface area contributed by atoms with E-state index in [2.05, 4.69) is 5.32 Å². The summed E-state index contributed by atoms with van der Waals surface area (Å²) in [5.41, 5.74) is -1.04. The lowest BCUT2D eigenvalue weighted by molar-refractivity contribution is -0.144. The van der Waals surface area contributed by atoms with Gasteiger partial charge in [0, 0.05) is 6.42 Å². The zero-order valence-electron chi connectivity index (χ0n) is 12.0. The summed E-state index contributed by atoms with van der Waals surface area (Å²) in [6.45, 7) is 1.65. The Bertz CT molecular complexity index is 669. The van der Waals surface area contributed by atoms with Crippen LogP contribution in [0, 0.1) is 5.82 Å². The average Bonchev–Trinajstić information content (AvgIpc) is 3.00. The molecule has 0 bridgehead atoms. The minimum Gasteiger partial charge on any atom is -0.479 e. The van der Waals surface area contributed by atoms with Gasteiger partial charge in [-0.15, -0.1) is 0 Å². The Kier molecular flexibility index (Phi) is 4.60. The molecule has 0 saturated heterocycles. The number of nitrogens with one attached hydrogen (secondary N) is 1.